The largest absolute Gasteiger partial charge is 0.313 e. The summed E-state index contributed by atoms with van der Waals surface area (Å²) in [5.74, 6) is 0. The molecule has 18 heavy (non-hydrogen) atoms. The molecule has 0 fully saturated rings. The Bertz CT molecular complexity index is 539. The van der Waals surface area contributed by atoms with Gasteiger partial charge in [-0.3, -0.25) is 0 Å². The molecule has 2 rings (SSSR count). The fraction of sp³-hybridized carbons (Fsp3) is 0.231. The molecule has 2 aromatic rings. The summed E-state index contributed by atoms with van der Waals surface area (Å²) in [6.07, 6.45) is 0.838. The monoisotopic (exact) mass is 319 g/mol. The van der Waals surface area contributed by atoms with E-state index >= 15 is 0 Å². The molecule has 0 saturated heterocycles. The van der Waals surface area contributed by atoms with Crippen LogP contribution in [0.1, 0.15) is 16.5 Å². The molecule has 0 aliphatic carbocycles. The van der Waals surface area contributed by atoms with Crippen LogP contribution in [0.3, 0.4) is 0 Å². The van der Waals surface area contributed by atoms with Crippen molar-refractivity contribution in [1.29, 1.82) is 0 Å². The van der Waals surface area contributed by atoms with Crippen molar-refractivity contribution in [3.8, 4) is 0 Å². The molecule has 96 valence electrons. The summed E-state index contributed by atoms with van der Waals surface area (Å²) in [7, 11) is 1.93. The number of benzene rings is 1. The highest BCUT2D eigenvalue weighted by Crippen LogP contribution is 2.30. The Balaban J connectivity index is 2.23. The molecule has 1 unspecified atom stereocenters. The average Bonchev–Trinajstić information content (AvgIpc) is 2.75. The van der Waals surface area contributed by atoms with Crippen LogP contribution < -0.4 is 5.32 Å². The highest BCUT2D eigenvalue weighted by Gasteiger charge is 2.14. The van der Waals surface area contributed by atoms with E-state index in [9.17, 15) is 0 Å². The minimum Gasteiger partial charge on any atom is -0.313 e. The van der Waals surface area contributed by atoms with Gasteiger partial charge in [0.25, 0.3) is 0 Å². The van der Waals surface area contributed by atoms with Crippen LogP contribution in [-0.2, 0) is 6.42 Å². The Hall–Kier alpha value is -0.250. The first-order valence-corrected chi connectivity index (χ1v) is 7.47. The van der Waals surface area contributed by atoms with Crippen LogP contribution in [-0.4, -0.2) is 7.05 Å². The van der Waals surface area contributed by atoms with E-state index in [4.69, 9.17) is 34.8 Å². The number of hydrogen-bond acceptors (Lipinski definition) is 2. The summed E-state index contributed by atoms with van der Waals surface area (Å²) in [5, 5.41) is 7.24. The average molecular weight is 321 g/mol. The van der Waals surface area contributed by atoms with Crippen LogP contribution in [0.25, 0.3) is 0 Å². The smallest absolute Gasteiger partial charge is 0.0595 e. The van der Waals surface area contributed by atoms with Crippen molar-refractivity contribution in [3.05, 3.63) is 55.2 Å². The molecule has 1 heterocycles. The third-order valence-corrected chi connectivity index (χ3v) is 4.92. The lowest BCUT2D eigenvalue weighted by Crippen LogP contribution is -2.18. The molecule has 0 bridgehead atoms. The van der Waals surface area contributed by atoms with Crippen molar-refractivity contribution in [2.24, 2.45) is 0 Å². The molecule has 0 saturated carbocycles. The maximum absolute atomic E-state index is 6.12. The number of thiophene rings is 1. The van der Waals surface area contributed by atoms with E-state index in [1.807, 2.05) is 36.7 Å². The minimum atomic E-state index is 0.177. The van der Waals surface area contributed by atoms with Gasteiger partial charge in [-0.15, -0.1) is 11.3 Å². The summed E-state index contributed by atoms with van der Waals surface area (Å²) in [5.41, 5.74) is 1.11. The number of nitrogens with one attached hydrogen (secondary N) is 1. The van der Waals surface area contributed by atoms with Gasteiger partial charge in [0.15, 0.2) is 0 Å². The van der Waals surface area contributed by atoms with Crippen molar-refractivity contribution >= 4 is 46.1 Å². The van der Waals surface area contributed by atoms with Gasteiger partial charge in [0.2, 0.25) is 0 Å². The van der Waals surface area contributed by atoms with Crippen LogP contribution in [0.4, 0.5) is 0 Å². The normalized spacial score (nSPS) is 12.7. The summed E-state index contributed by atoms with van der Waals surface area (Å²) >= 11 is 19.8. The van der Waals surface area contributed by atoms with E-state index in [1.54, 1.807) is 11.3 Å². The summed E-state index contributed by atoms with van der Waals surface area (Å²) in [6.45, 7) is 0. The van der Waals surface area contributed by atoms with Crippen LogP contribution >= 0.6 is 46.1 Å². The fourth-order valence-corrected chi connectivity index (χ4v) is 3.24. The third kappa shape index (κ3) is 3.19. The lowest BCUT2D eigenvalue weighted by Gasteiger charge is -2.16. The standard InChI is InChI=1S/C13H12Cl3NS/c1-17-12(7-13-10(15)4-5-18-13)8-2-3-9(14)11(16)6-8/h2-6,12,17H,7H2,1H3. The first-order chi connectivity index (χ1) is 8.61. The Kier molecular flexibility index (Phi) is 4.93. The van der Waals surface area contributed by atoms with E-state index in [1.165, 1.54) is 4.88 Å². The lowest BCUT2D eigenvalue weighted by molar-refractivity contribution is 0.597. The molecule has 1 aromatic carbocycles. The van der Waals surface area contributed by atoms with Crippen molar-refractivity contribution < 1.29 is 0 Å². The van der Waals surface area contributed by atoms with Crippen molar-refractivity contribution in [2.45, 2.75) is 12.5 Å². The molecule has 0 radical (unpaired) electrons. The fourth-order valence-electron chi connectivity index (χ4n) is 1.77. The minimum absolute atomic E-state index is 0.177. The molecule has 0 aliphatic heterocycles. The molecule has 5 heteroatoms. The lowest BCUT2D eigenvalue weighted by atomic mass is 10.0. The van der Waals surface area contributed by atoms with Crippen LogP contribution in [0.5, 0.6) is 0 Å². The Morgan fingerprint density at radius 1 is 1.11 bits per heavy atom. The number of likely N-dealkylation sites (N-methyl/N-ethyl adjacent to an activating group) is 1. The molecule has 1 N–H and O–H groups in total. The maximum Gasteiger partial charge on any atom is 0.0595 e. The first-order valence-electron chi connectivity index (χ1n) is 5.46. The number of rotatable bonds is 4. The maximum atomic E-state index is 6.12. The summed E-state index contributed by atoms with van der Waals surface area (Å²) in [4.78, 5) is 1.17. The molecule has 1 aromatic heterocycles. The van der Waals surface area contributed by atoms with E-state index in [0.717, 1.165) is 17.0 Å². The van der Waals surface area contributed by atoms with Gasteiger partial charge in [0.05, 0.1) is 15.1 Å². The predicted octanol–water partition coefficient (Wildman–Crippen LogP) is 5.21. The highest BCUT2D eigenvalue weighted by atomic mass is 35.5. The van der Waals surface area contributed by atoms with Gasteiger partial charge in [-0.25, -0.2) is 0 Å². The summed E-state index contributed by atoms with van der Waals surface area (Å²) in [6, 6.07) is 7.79. The topological polar surface area (TPSA) is 12.0 Å². The van der Waals surface area contributed by atoms with E-state index in [0.29, 0.717) is 10.0 Å². The second-order valence-electron chi connectivity index (χ2n) is 3.91. The zero-order chi connectivity index (χ0) is 13.1. The molecular formula is C13H12Cl3NS. The quantitative estimate of drug-likeness (QED) is 0.815. The molecule has 1 atom stereocenters. The van der Waals surface area contributed by atoms with Crippen molar-refractivity contribution in [3.63, 3.8) is 0 Å². The molecule has 0 aliphatic rings. The molecule has 0 amide bonds. The molecular weight excluding hydrogens is 309 g/mol. The van der Waals surface area contributed by atoms with E-state index < -0.39 is 0 Å². The van der Waals surface area contributed by atoms with Gasteiger partial charge >= 0.3 is 0 Å². The highest BCUT2D eigenvalue weighted by molar-refractivity contribution is 7.10. The van der Waals surface area contributed by atoms with Gasteiger partial charge in [-0.1, -0.05) is 40.9 Å². The van der Waals surface area contributed by atoms with Gasteiger partial charge < -0.3 is 5.32 Å². The van der Waals surface area contributed by atoms with Gasteiger partial charge in [0, 0.05) is 17.3 Å². The van der Waals surface area contributed by atoms with E-state index in [-0.39, 0.29) is 6.04 Å². The van der Waals surface area contributed by atoms with Crippen LogP contribution in [0.15, 0.2) is 29.6 Å². The van der Waals surface area contributed by atoms with Gasteiger partial charge in [-0.05, 0) is 36.2 Å². The third-order valence-electron chi connectivity index (χ3n) is 2.78. The Labute approximate surface area is 126 Å². The van der Waals surface area contributed by atoms with Gasteiger partial charge in [-0.2, -0.15) is 0 Å². The summed E-state index contributed by atoms with van der Waals surface area (Å²) < 4.78 is 0. The zero-order valence-electron chi connectivity index (χ0n) is 9.71. The van der Waals surface area contributed by atoms with Crippen LogP contribution in [0.2, 0.25) is 15.1 Å². The van der Waals surface area contributed by atoms with Crippen molar-refractivity contribution in [1.82, 2.24) is 5.32 Å². The Morgan fingerprint density at radius 2 is 1.89 bits per heavy atom. The van der Waals surface area contributed by atoms with Crippen molar-refractivity contribution in [2.75, 3.05) is 7.05 Å². The number of halogens is 3. The first kappa shape index (κ1) is 14.2. The van der Waals surface area contributed by atoms with Crippen LogP contribution in [0, 0.1) is 0 Å². The second-order valence-corrected chi connectivity index (χ2v) is 6.13. The molecule has 0 spiro atoms. The Morgan fingerprint density at radius 3 is 2.44 bits per heavy atom. The predicted molar refractivity (Wildman–Crippen MR) is 81.3 cm³/mol. The van der Waals surface area contributed by atoms with Gasteiger partial charge in [0.1, 0.15) is 0 Å². The molecule has 1 nitrogen and oxygen atoms in total. The zero-order valence-corrected chi connectivity index (χ0v) is 12.8. The number of hydrogen-bond donors (Lipinski definition) is 1. The van der Waals surface area contributed by atoms with E-state index in [2.05, 4.69) is 5.32 Å². The SMILES string of the molecule is CNC(Cc1sccc1Cl)c1ccc(Cl)c(Cl)c1. The second kappa shape index (κ2) is 6.27.